The van der Waals surface area contributed by atoms with Gasteiger partial charge in [-0.3, -0.25) is 0 Å². The molecule has 1 aliphatic rings. The highest BCUT2D eigenvalue weighted by atomic mass is 15.1. The second kappa shape index (κ2) is 7.54. The molecule has 0 saturated carbocycles. The summed E-state index contributed by atoms with van der Waals surface area (Å²) in [5, 5.41) is 3.64. The zero-order chi connectivity index (χ0) is 13.5. The summed E-state index contributed by atoms with van der Waals surface area (Å²) >= 11 is 0. The standard InChI is InChI=1S/C17H28N2/c1-3-19(17-11-6-8-15(2)14-17)13-7-10-16-9-4-5-12-18-16/h6,8,11,14,16,18H,3-5,7,9-10,12-13H2,1-2H3. The molecular formula is C17H28N2. The zero-order valence-corrected chi connectivity index (χ0v) is 12.5. The summed E-state index contributed by atoms with van der Waals surface area (Å²) in [5.74, 6) is 0. The van der Waals surface area contributed by atoms with Gasteiger partial charge in [0.1, 0.15) is 0 Å². The first kappa shape index (κ1) is 14.4. The van der Waals surface area contributed by atoms with Gasteiger partial charge in [-0.15, -0.1) is 0 Å². The molecule has 0 bridgehead atoms. The number of hydrogen-bond acceptors (Lipinski definition) is 2. The maximum Gasteiger partial charge on any atom is 0.0368 e. The number of piperidine rings is 1. The minimum Gasteiger partial charge on any atom is -0.372 e. The monoisotopic (exact) mass is 260 g/mol. The van der Waals surface area contributed by atoms with Crippen LogP contribution in [0.4, 0.5) is 5.69 Å². The molecular weight excluding hydrogens is 232 g/mol. The third kappa shape index (κ3) is 4.54. The molecule has 2 rings (SSSR count). The molecule has 0 aromatic heterocycles. The molecule has 0 aliphatic carbocycles. The van der Waals surface area contributed by atoms with Gasteiger partial charge in [-0.2, -0.15) is 0 Å². The second-order valence-electron chi connectivity index (χ2n) is 5.71. The van der Waals surface area contributed by atoms with Crippen LogP contribution in [0.5, 0.6) is 0 Å². The lowest BCUT2D eigenvalue weighted by Crippen LogP contribution is -2.35. The quantitative estimate of drug-likeness (QED) is 0.838. The van der Waals surface area contributed by atoms with Crippen molar-refractivity contribution in [1.29, 1.82) is 0 Å². The van der Waals surface area contributed by atoms with Gasteiger partial charge < -0.3 is 10.2 Å². The minimum atomic E-state index is 0.768. The molecule has 0 amide bonds. The highest BCUT2D eigenvalue weighted by Crippen LogP contribution is 2.17. The van der Waals surface area contributed by atoms with E-state index in [0.717, 1.165) is 12.6 Å². The molecule has 1 fully saturated rings. The first-order valence-electron chi connectivity index (χ1n) is 7.84. The SMILES string of the molecule is CCN(CCCC1CCCCN1)c1cccc(C)c1. The third-order valence-corrected chi connectivity index (χ3v) is 4.14. The van der Waals surface area contributed by atoms with E-state index in [2.05, 4.69) is 48.3 Å². The minimum absolute atomic E-state index is 0.768. The topological polar surface area (TPSA) is 15.3 Å². The van der Waals surface area contributed by atoms with Crippen LogP contribution in [0, 0.1) is 6.92 Å². The number of nitrogens with zero attached hydrogens (tertiary/aromatic N) is 1. The molecule has 1 aromatic carbocycles. The van der Waals surface area contributed by atoms with E-state index in [1.165, 1.54) is 56.4 Å². The molecule has 1 aromatic rings. The van der Waals surface area contributed by atoms with Crippen molar-refractivity contribution in [3.8, 4) is 0 Å². The summed E-state index contributed by atoms with van der Waals surface area (Å²) in [6, 6.07) is 9.63. The van der Waals surface area contributed by atoms with E-state index in [1.54, 1.807) is 0 Å². The van der Waals surface area contributed by atoms with Gasteiger partial charge in [0.15, 0.2) is 0 Å². The lowest BCUT2D eigenvalue weighted by molar-refractivity contribution is 0.376. The second-order valence-corrected chi connectivity index (χ2v) is 5.71. The fraction of sp³-hybridized carbons (Fsp3) is 0.647. The van der Waals surface area contributed by atoms with E-state index >= 15 is 0 Å². The summed E-state index contributed by atoms with van der Waals surface area (Å²) in [7, 11) is 0. The Morgan fingerprint density at radius 2 is 2.21 bits per heavy atom. The van der Waals surface area contributed by atoms with Gasteiger partial charge >= 0.3 is 0 Å². The average Bonchev–Trinajstić information content (AvgIpc) is 2.45. The number of benzene rings is 1. The van der Waals surface area contributed by atoms with Gasteiger partial charge in [-0.05, 0) is 63.8 Å². The molecule has 2 heteroatoms. The Morgan fingerprint density at radius 3 is 2.89 bits per heavy atom. The van der Waals surface area contributed by atoms with Crippen LogP contribution < -0.4 is 10.2 Å². The lowest BCUT2D eigenvalue weighted by atomic mass is 10.0. The Morgan fingerprint density at radius 1 is 1.32 bits per heavy atom. The van der Waals surface area contributed by atoms with Crippen LogP contribution in [0.2, 0.25) is 0 Å². The molecule has 1 aliphatic heterocycles. The molecule has 106 valence electrons. The Hall–Kier alpha value is -1.02. The van der Waals surface area contributed by atoms with Crippen molar-refractivity contribution in [1.82, 2.24) is 5.32 Å². The van der Waals surface area contributed by atoms with Crippen molar-refractivity contribution in [2.75, 3.05) is 24.5 Å². The number of rotatable bonds is 6. The lowest BCUT2D eigenvalue weighted by Gasteiger charge is -2.27. The Kier molecular flexibility index (Phi) is 5.71. The molecule has 0 spiro atoms. The van der Waals surface area contributed by atoms with Crippen molar-refractivity contribution in [2.45, 2.75) is 52.0 Å². The van der Waals surface area contributed by atoms with Crippen molar-refractivity contribution in [3.63, 3.8) is 0 Å². The van der Waals surface area contributed by atoms with Gasteiger partial charge in [-0.25, -0.2) is 0 Å². The third-order valence-electron chi connectivity index (χ3n) is 4.14. The predicted octanol–water partition coefficient (Wildman–Crippen LogP) is 3.74. The molecule has 1 atom stereocenters. The number of anilines is 1. The number of aryl methyl sites for hydroxylation is 1. The zero-order valence-electron chi connectivity index (χ0n) is 12.5. The smallest absolute Gasteiger partial charge is 0.0368 e. The van der Waals surface area contributed by atoms with Crippen LogP contribution in [0.25, 0.3) is 0 Å². The molecule has 1 N–H and O–H groups in total. The summed E-state index contributed by atoms with van der Waals surface area (Å²) in [4.78, 5) is 2.50. The number of hydrogen-bond donors (Lipinski definition) is 1. The highest BCUT2D eigenvalue weighted by Gasteiger charge is 2.12. The number of nitrogens with one attached hydrogen (secondary N) is 1. The summed E-state index contributed by atoms with van der Waals surface area (Å²) in [6.45, 7) is 7.92. The Labute approximate surface area is 118 Å². The first-order valence-corrected chi connectivity index (χ1v) is 7.84. The van der Waals surface area contributed by atoms with E-state index in [9.17, 15) is 0 Å². The Bertz CT molecular complexity index is 369. The summed E-state index contributed by atoms with van der Waals surface area (Å²) in [5.41, 5.74) is 2.73. The van der Waals surface area contributed by atoms with Gasteiger partial charge in [0.05, 0.1) is 0 Å². The van der Waals surface area contributed by atoms with Crippen LogP contribution in [-0.4, -0.2) is 25.7 Å². The fourth-order valence-electron chi connectivity index (χ4n) is 2.99. The molecule has 0 radical (unpaired) electrons. The van der Waals surface area contributed by atoms with Crippen LogP contribution in [0.15, 0.2) is 24.3 Å². The van der Waals surface area contributed by atoms with Gasteiger partial charge in [0.25, 0.3) is 0 Å². The van der Waals surface area contributed by atoms with Crippen LogP contribution in [0.1, 0.15) is 44.6 Å². The van der Waals surface area contributed by atoms with Gasteiger partial charge in [0, 0.05) is 24.8 Å². The van der Waals surface area contributed by atoms with Crippen molar-refractivity contribution < 1.29 is 0 Å². The van der Waals surface area contributed by atoms with Crippen LogP contribution in [0.3, 0.4) is 0 Å². The fourth-order valence-corrected chi connectivity index (χ4v) is 2.99. The first-order chi connectivity index (χ1) is 9.29. The molecule has 1 saturated heterocycles. The maximum atomic E-state index is 3.64. The van der Waals surface area contributed by atoms with Crippen molar-refractivity contribution in [3.05, 3.63) is 29.8 Å². The maximum absolute atomic E-state index is 3.64. The van der Waals surface area contributed by atoms with E-state index in [4.69, 9.17) is 0 Å². The Balaban J connectivity index is 1.79. The van der Waals surface area contributed by atoms with Crippen molar-refractivity contribution in [2.24, 2.45) is 0 Å². The molecule has 1 unspecified atom stereocenters. The highest BCUT2D eigenvalue weighted by molar-refractivity contribution is 5.48. The molecule has 2 nitrogen and oxygen atoms in total. The van der Waals surface area contributed by atoms with Crippen LogP contribution in [-0.2, 0) is 0 Å². The van der Waals surface area contributed by atoms with E-state index in [-0.39, 0.29) is 0 Å². The normalized spacial score (nSPS) is 19.4. The van der Waals surface area contributed by atoms with Crippen LogP contribution >= 0.6 is 0 Å². The van der Waals surface area contributed by atoms with E-state index in [0.29, 0.717) is 0 Å². The van der Waals surface area contributed by atoms with E-state index in [1.807, 2.05) is 0 Å². The summed E-state index contributed by atoms with van der Waals surface area (Å²) in [6.07, 6.45) is 6.76. The van der Waals surface area contributed by atoms with Gasteiger partial charge in [-0.1, -0.05) is 18.6 Å². The molecule has 1 heterocycles. The molecule has 19 heavy (non-hydrogen) atoms. The largest absolute Gasteiger partial charge is 0.372 e. The van der Waals surface area contributed by atoms with E-state index < -0.39 is 0 Å². The summed E-state index contributed by atoms with van der Waals surface area (Å²) < 4.78 is 0. The predicted molar refractivity (Wildman–Crippen MR) is 83.9 cm³/mol. The van der Waals surface area contributed by atoms with Gasteiger partial charge in [0.2, 0.25) is 0 Å². The average molecular weight is 260 g/mol. The van der Waals surface area contributed by atoms with Crippen molar-refractivity contribution >= 4 is 5.69 Å².